The summed E-state index contributed by atoms with van der Waals surface area (Å²) in [6, 6.07) is 25.5. The van der Waals surface area contributed by atoms with Crippen LogP contribution in [0.3, 0.4) is 0 Å². The molecule has 63 heavy (non-hydrogen) atoms. The number of esters is 1. The number of rotatable bonds is 17. The lowest BCUT2D eigenvalue weighted by Crippen LogP contribution is -2.58. The van der Waals surface area contributed by atoms with Gasteiger partial charge in [0.15, 0.2) is 6.04 Å². The molecule has 1 heterocycles. The minimum Gasteiger partial charge on any atom is -0.481 e. The Balaban J connectivity index is 1.38. The van der Waals surface area contributed by atoms with E-state index >= 15 is 0 Å². The number of hydrazine groups is 1. The fourth-order valence-electron chi connectivity index (χ4n) is 7.10. The average Bonchev–Trinajstić information content (AvgIpc) is 3.41. The number of hydrogen-bond acceptors (Lipinski definition) is 9. The smallest absolute Gasteiger partial charge is 0.333 e. The number of imide groups is 1. The molecule has 1 aliphatic heterocycles. The molecule has 0 saturated carbocycles. The number of aliphatic carboxylic acids is 1. The topological polar surface area (TPSA) is 216 Å². The number of nitrogens with one attached hydrogen (secondary N) is 5. The predicted molar refractivity (Wildman–Crippen MR) is 236 cm³/mol. The van der Waals surface area contributed by atoms with Gasteiger partial charge in [-0.3, -0.25) is 24.6 Å². The van der Waals surface area contributed by atoms with Gasteiger partial charge in [0.1, 0.15) is 23.2 Å². The van der Waals surface area contributed by atoms with Gasteiger partial charge in [-0.2, -0.15) is 0 Å². The summed E-state index contributed by atoms with van der Waals surface area (Å²) in [7, 11) is 0. The molecule has 1 aliphatic rings. The van der Waals surface area contributed by atoms with Crippen LogP contribution in [0.15, 0.2) is 109 Å². The van der Waals surface area contributed by atoms with E-state index in [2.05, 4.69) is 26.8 Å². The molecule has 0 aliphatic carbocycles. The molecule has 0 bridgehead atoms. The van der Waals surface area contributed by atoms with Crippen LogP contribution in [-0.2, 0) is 40.8 Å². The van der Waals surface area contributed by atoms with Gasteiger partial charge in [-0.05, 0) is 87.4 Å². The number of carboxylic acids is 1. The van der Waals surface area contributed by atoms with Gasteiger partial charge >= 0.3 is 24.0 Å². The van der Waals surface area contributed by atoms with Crippen molar-refractivity contribution in [2.24, 2.45) is 5.92 Å². The maximum atomic E-state index is 14.7. The van der Waals surface area contributed by atoms with E-state index in [1.165, 1.54) is 4.90 Å². The summed E-state index contributed by atoms with van der Waals surface area (Å²) in [6.45, 7) is 12.0. The van der Waals surface area contributed by atoms with Gasteiger partial charge in [-0.25, -0.2) is 24.7 Å². The summed E-state index contributed by atoms with van der Waals surface area (Å²) in [5, 5.41) is 17.9. The van der Waals surface area contributed by atoms with Crippen molar-refractivity contribution >= 4 is 53.1 Å². The van der Waals surface area contributed by atoms with Gasteiger partial charge in [-0.15, -0.1) is 0 Å². The fraction of sp³-hybridized carbons (Fsp3) is 0.340. The second kappa shape index (κ2) is 20.2. The molecule has 4 aromatic rings. The quantitative estimate of drug-likeness (QED) is 0.0390. The number of amides is 7. The van der Waals surface area contributed by atoms with Crippen LogP contribution >= 0.6 is 0 Å². The van der Waals surface area contributed by atoms with Crippen LogP contribution in [0.5, 0.6) is 0 Å². The maximum Gasteiger partial charge on any atom is 0.333 e. The van der Waals surface area contributed by atoms with Crippen molar-refractivity contribution < 1.29 is 43.4 Å². The van der Waals surface area contributed by atoms with Crippen LogP contribution in [0.4, 0.5) is 21.0 Å². The molecule has 4 atom stereocenters. The molecule has 332 valence electrons. The lowest BCUT2D eigenvalue weighted by atomic mass is 9.89. The Morgan fingerprint density at radius 2 is 1.40 bits per heavy atom. The Morgan fingerprint density at radius 1 is 0.794 bits per heavy atom. The van der Waals surface area contributed by atoms with Crippen molar-refractivity contribution in [2.45, 2.75) is 97.1 Å². The third-order valence-electron chi connectivity index (χ3n) is 10.3. The third-order valence-corrected chi connectivity index (χ3v) is 10.3. The van der Waals surface area contributed by atoms with E-state index in [-0.39, 0.29) is 18.9 Å². The van der Waals surface area contributed by atoms with E-state index in [9.17, 15) is 38.7 Å². The zero-order chi connectivity index (χ0) is 46.1. The first-order valence-electron chi connectivity index (χ1n) is 20.6. The number of ether oxygens (including phenoxy) is 1. The second-order valence-corrected chi connectivity index (χ2v) is 16.9. The first kappa shape index (κ1) is 47.0. The van der Waals surface area contributed by atoms with Crippen LogP contribution in [0, 0.1) is 12.8 Å². The summed E-state index contributed by atoms with van der Waals surface area (Å²) in [5.41, 5.74) is 5.96. The van der Waals surface area contributed by atoms with E-state index in [1.807, 2.05) is 39.0 Å². The number of carboxylic acid groups (broad SMARTS) is 1. The highest BCUT2D eigenvalue weighted by atomic mass is 16.6. The van der Waals surface area contributed by atoms with Crippen molar-refractivity contribution in [3.8, 4) is 0 Å². The standard InChI is InChI=1S/C47H55N7O9/c1-29(2)26-37(41(58)52-51-36(27-38(55)56)40(57)50-39(32-17-10-8-11-18-32)42(59)63-46(4,5)6)54-43(60)47(7,33-19-12-9-13-20-33)53(45(54)62)28-31-22-24-34(25-23-31)48-44(61)49-35-21-15-14-16-30(35)3/h8-25,29,36-37,39,51H,26-28H2,1-7H3,(H,50,57)(H,52,58)(H,55,56)(H2,48,49,61)/t36-,37?,39-,47?/m0/s1. The van der Waals surface area contributed by atoms with Crippen LogP contribution < -0.4 is 26.8 Å². The minimum atomic E-state index is -1.61. The number of urea groups is 2. The van der Waals surface area contributed by atoms with E-state index in [4.69, 9.17) is 4.74 Å². The molecule has 16 heteroatoms. The number of carbonyl (C=O) groups excluding carboxylic acids is 6. The number of nitrogens with zero attached hydrogens (tertiary/aromatic N) is 2. The Kier molecular flexibility index (Phi) is 15.1. The highest BCUT2D eigenvalue weighted by molar-refractivity contribution is 6.10. The van der Waals surface area contributed by atoms with Gasteiger partial charge in [0, 0.05) is 17.9 Å². The lowest BCUT2D eigenvalue weighted by molar-refractivity contribution is -0.159. The van der Waals surface area contributed by atoms with E-state index in [0.29, 0.717) is 28.1 Å². The highest BCUT2D eigenvalue weighted by Gasteiger charge is 2.58. The Labute approximate surface area is 366 Å². The summed E-state index contributed by atoms with van der Waals surface area (Å²) < 4.78 is 5.54. The van der Waals surface area contributed by atoms with Gasteiger partial charge in [0.05, 0.1) is 6.42 Å². The van der Waals surface area contributed by atoms with Gasteiger partial charge < -0.3 is 30.7 Å². The molecule has 1 saturated heterocycles. The highest BCUT2D eigenvalue weighted by Crippen LogP contribution is 2.40. The summed E-state index contributed by atoms with van der Waals surface area (Å²) in [6.07, 6.45) is -0.803. The number of hydrogen-bond donors (Lipinski definition) is 6. The number of para-hydroxylation sites is 1. The summed E-state index contributed by atoms with van der Waals surface area (Å²) in [5.74, 6) is -4.89. The van der Waals surface area contributed by atoms with Gasteiger partial charge in [-0.1, -0.05) is 105 Å². The maximum absolute atomic E-state index is 14.7. The predicted octanol–water partition coefficient (Wildman–Crippen LogP) is 6.40. The third kappa shape index (κ3) is 11.9. The van der Waals surface area contributed by atoms with Crippen LogP contribution in [0.2, 0.25) is 0 Å². The van der Waals surface area contributed by atoms with E-state index in [1.54, 1.807) is 119 Å². The Morgan fingerprint density at radius 3 is 1.98 bits per heavy atom. The van der Waals surface area contributed by atoms with Gasteiger partial charge in [0.2, 0.25) is 5.91 Å². The Bertz CT molecular complexity index is 2300. The minimum absolute atomic E-state index is 0.0131. The van der Waals surface area contributed by atoms with Crippen LogP contribution in [0.25, 0.3) is 0 Å². The lowest BCUT2D eigenvalue weighted by Gasteiger charge is -2.32. The molecule has 1 fully saturated rings. The van der Waals surface area contributed by atoms with Crippen LogP contribution in [0.1, 0.15) is 82.7 Å². The molecule has 7 amide bonds. The molecule has 5 rings (SSSR count). The number of carbonyl (C=O) groups is 7. The fourth-order valence-corrected chi connectivity index (χ4v) is 7.10. The first-order chi connectivity index (χ1) is 29.8. The molecule has 0 aromatic heterocycles. The zero-order valence-corrected chi connectivity index (χ0v) is 36.4. The first-order valence-corrected chi connectivity index (χ1v) is 20.6. The number of benzene rings is 4. The number of anilines is 2. The second-order valence-electron chi connectivity index (χ2n) is 16.9. The molecule has 6 N–H and O–H groups in total. The Hall–Kier alpha value is -7.07. The molecule has 0 spiro atoms. The van der Waals surface area contributed by atoms with E-state index in [0.717, 1.165) is 10.5 Å². The normalized spacial score (nSPS) is 16.5. The van der Waals surface area contributed by atoms with Crippen molar-refractivity contribution in [2.75, 3.05) is 10.6 Å². The van der Waals surface area contributed by atoms with Gasteiger partial charge in [0.25, 0.3) is 11.8 Å². The SMILES string of the molecule is Cc1ccccc1NC(=O)Nc1ccc(CN2C(=O)N(C(CC(C)C)C(=O)NN[C@@H](CC(=O)O)C(=O)N[C@H](C(=O)OC(C)(C)C)c3ccccc3)C(=O)C2(C)c2ccccc2)cc1. The summed E-state index contributed by atoms with van der Waals surface area (Å²) >= 11 is 0. The molecule has 0 radical (unpaired) electrons. The molecule has 16 nitrogen and oxygen atoms in total. The largest absolute Gasteiger partial charge is 0.481 e. The average molecular weight is 862 g/mol. The van der Waals surface area contributed by atoms with Crippen LogP contribution in [-0.4, -0.2) is 74.3 Å². The van der Waals surface area contributed by atoms with Crippen molar-refractivity contribution in [1.29, 1.82) is 0 Å². The molecular weight excluding hydrogens is 807 g/mol. The van der Waals surface area contributed by atoms with Crippen molar-refractivity contribution in [3.63, 3.8) is 0 Å². The van der Waals surface area contributed by atoms with E-state index < -0.39 is 77.4 Å². The molecule has 2 unspecified atom stereocenters. The number of aryl methyl sites for hydroxylation is 1. The summed E-state index contributed by atoms with van der Waals surface area (Å²) in [4.78, 5) is 97.7. The molecule has 4 aromatic carbocycles. The van der Waals surface area contributed by atoms with Crippen molar-refractivity contribution in [3.05, 3.63) is 131 Å². The van der Waals surface area contributed by atoms with Crippen molar-refractivity contribution in [1.82, 2.24) is 26.0 Å². The zero-order valence-electron chi connectivity index (χ0n) is 36.4. The monoisotopic (exact) mass is 861 g/mol. The molecular formula is C47H55N7O9.